The monoisotopic (exact) mass is 583 g/mol. The Morgan fingerprint density at radius 2 is 1.48 bits per heavy atom. The first-order valence-electron chi connectivity index (χ1n) is 13.3. The topological polar surface area (TPSA) is 86.8 Å². The minimum absolute atomic E-state index is 0.0331. The van der Waals surface area contributed by atoms with Crippen molar-refractivity contribution in [2.75, 3.05) is 17.1 Å². The second-order valence-corrected chi connectivity index (χ2v) is 12.8. The van der Waals surface area contributed by atoms with E-state index in [9.17, 15) is 18.0 Å². The molecule has 1 atom stereocenters. The number of anilines is 1. The van der Waals surface area contributed by atoms with E-state index in [4.69, 9.17) is 11.6 Å². The number of carbonyl (C=O) groups is 2. The molecule has 0 unspecified atom stereocenters. The van der Waals surface area contributed by atoms with Crippen LogP contribution >= 0.6 is 11.6 Å². The third kappa shape index (κ3) is 8.57. The molecule has 0 spiro atoms. The van der Waals surface area contributed by atoms with Crippen molar-refractivity contribution < 1.29 is 18.0 Å². The van der Waals surface area contributed by atoms with E-state index in [1.165, 1.54) is 4.90 Å². The standard InChI is InChI=1S/C31H38ClN3O4S/c1-22(2)25-15-17-27(18-16-25)35(40(5,38)39)21-30(36)34(20-26-13-9-10-14-28(26)32)29(31(37)33-23(3)4)19-24-11-7-6-8-12-24/h6-18,22-23,29H,19-21H2,1-5H3,(H,33,37)/t29-/m1/s1. The molecule has 9 heteroatoms. The predicted octanol–water partition coefficient (Wildman–Crippen LogP) is 5.39. The molecule has 40 heavy (non-hydrogen) atoms. The second-order valence-electron chi connectivity index (χ2n) is 10.5. The molecule has 0 aliphatic heterocycles. The fraction of sp³-hybridized carbons (Fsp3) is 0.355. The first-order chi connectivity index (χ1) is 18.9. The van der Waals surface area contributed by atoms with Crippen molar-refractivity contribution in [3.8, 4) is 0 Å². The highest BCUT2D eigenvalue weighted by Crippen LogP contribution is 2.24. The van der Waals surface area contributed by atoms with Gasteiger partial charge in [-0.05, 0) is 54.7 Å². The Hall–Kier alpha value is -3.36. The summed E-state index contributed by atoms with van der Waals surface area (Å²) in [5.74, 6) is -0.573. The highest BCUT2D eigenvalue weighted by atomic mass is 35.5. The Bertz CT molecular complexity index is 1390. The molecular weight excluding hydrogens is 546 g/mol. The quantitative estimate of drug-likeness (QED) is 0.309. The van der Waals surface area contributed by atoms with Gasteiger partial charge < -0.3 is 10.2 Å². The molecule has 0 aliphatic carbocycles. The van der Waals surface area contributed by atoms with Crippen molar-refractivity contribution in [3.05, 3.63) is 101 Å². The van der Waals surface area contributed by atoms with Crippen molar-refractivity contribution >= 4 is 39.1 Å². The molecule has 0 bridgehead atoms. The first-order valence-corrected chi connectivity index (χ1v) is 15.5. The molecular formula is C31H38ClN3O4S. The number of nitrogens with zero attached hydrogens (tertiary/aromatic N) is 2. The molecule has 0 saturated heterocycles. The highest BCUT2D eigenvalue weighted by Gasteiger charge is 2.33. The number of nitrogens with one attached hydrogen (secondary N) is 1. The summed E-state index contributed by atoms with van der Waals surface area (Å²) in [6, 6.07) is 22.6. The Kier molecular flexibility index (Phi) is 10.8. The molecule has 0 fully saturated rings. The molecule has 0 aromatic heterocycles. The maximum absolute atomic E-state index is 14.1. The van der Waals surface area contributed by atoms with Crippen LogP contribution in [-0.4, -0.2) is 50.0 Å². The molecule has 0 saturated carbocycles. The molecule has 3 aromatic carbocycles. The molecule has 1 N–H and O–H groups in total. The lowest BCUT2D eigenvalue weighted by Gasteiger charge is -2.34. The summed E-state index contributed by atoms with van der Waals surface area (Å²) in [6.45, 7) is 7.37. The highest BCUT2D eigenvalue weighted by molar-refractivity contribution is 7.92. The lowest BCUT2D eigenvalue weighted by Crippen LogP contribution is -2.54. The van der Waals surface area contributed by atoms with Gasteiger partial charge in [0.05, 0.1) is 11.9 Å². The van der Waals surface area contributed by atoms with E-state index in [-0.39, 0.29) is 30.8 Å². The average molecular weight is 584 g/mol. The van der Waals surface area contributed by atoms with Crippen LogP contribution in [0, 0.1) is 0 Å². The molecule has 0 heterocycles. The zero-order chi connectivity index (χ0) is 29.4. The molecule has 0 aliphatic rings. The van der Waals surface area contributed by atoms with Crippen LogP contribution in [0.25, 0.3) is 0 Å². The summed E-state index contributed by atoms with van der Waals surface area (Å²) in [5.41, 5.74) is 2.95. The van der Waals surface area contributed by atoms with Crippen LogP contribution < -0.4 is 9.62 Å². The molecule has 7 nitrogen and oxygen atoms in total. The number of carbonyl (C=O) groups excluding carboxylic acids is 2. The van der Waals surface area contributed by atoms with Gasteiger partial charge in [0.15, 0.2) is 0 Å². The van der Waals surface area contributed by atoms with Gasteiger partial charge in [-0.1, -0.05) is 86.1 Å². The lowest BCUT2D eigenvalue weighted by molar-refractivity contribution is -0.140. The number of hydrogen-bond donors (Lipinski definition) is 1. The number of halogens is 1. The van der Waals surface area contributed by atoms with Crippen LogP contribution in [0.1, 0.15) is 50.3 Å². The normalized spacial score (nSPS) is 12.3. The van der Waals surface area contributed by atoms with E-state index in [2.05, 4.69) is 19.2 Å². The maximum Gasteiger partial charge on any atom is 0.244 e. The van der Waals surface area contributed by atoms with Gasteiger partial charge in [-0.15, -0.1) is 0 Å². The minimum Gasteiger partial charge on any atom is -0.352 e. The van der Waals surface area contributed by atoms with Crippen molar-refractivity contribution in [1.29, 1.82) is 0 Å². The maximum atomic E-state index is 14.1. The largest absolute Gasteiger partial charge is 0.352 e. The van der Waals surface area contributed by atoms with E-state index in [1.807, 2.05) is 62.4 Å². The van der Waals surface area contributed by atoms with Crippen LogP contribution in [0.15, 0.2) is 78.9 Å². The summed E-state index contributed by atoms with van der Waals surface area (Å²) in [6.07, 6.45) is 1.32. The molecule has 3 rings (SSSR count). The van der Waals surface area contributed by atoms with Gasteiger partial charge >= 0.3 is 0 Å². The summed E-state index contributed by atoms with van der Waals surface area (Å²) >= 11 is 6.47. The van der Waals surface area contributed by atoms with Crippen molar-refractivity contribution in [3.63, 3.8) is 0 Å². The van der Waals surface area contributed by atoms with E-state index in [1.54, 1.807) is 30.3 Å². The van der Waals surface area contributed by atoms with E-state index in [0.717, 1.165) is 21.7 Å². The van der Waals surface area contributed by atoms with Crippen LogP contribution in [0.5, 0.6) is 0 Å². The van der Waals surface area contributed by atoms with E-state index >= 15 is 0 Å². The van der Waals surface area contributed by atoms with Gasteiger partial charge in [-0.3, -0.25) is 13.9 Å². The fourth-order valence-electron chi connectivity index (χ4n) is 4.38. The SMILES string of the molecule is CC(C)NC(=O)[C@@H](Cc1ccccc1)N(Cc1ccccc1Cl)C(=O)CN(c1ccc(C(C)C)cc1)S(C)(=O)=O. The van der Waals surface area contributed by atoms with Crippen LogP contribution in [0.3, 0.4) is 0 Å². The Morgan fingerprint density at radius 1 is 0.875 bits per heavy atom. The Labute approximate surface area is 243 Å². The minimum atomic E-state index is -3.83. The lowest BCUT2D eigenvalue weighted by atomic mass is 10.0. The Balaban J connectivity index is 2.05. The van der Waals surface area contributed by atoms with E-state index in [0.29, 0.717) is 16.3 Å². The van der Waals surface area contributed by atoms with Crippen molar-refractivity contribution in [2.24, 2.45) is 0 Å². The van der Waals surface area contributed by atoms with Gasteiger partial charge in [-0.25, -0.2) is 8.42 Å². The van der Waals surface area contributed by atoms with Gasteiger partial charge in [0.2, 0.25) is 21.8 Å². The number of benzene rings is 3. The zero-order valence-corrected chi connectivity index (χ0v) is 25.2. The van der Waals surface area contributed by atoms with Gasteiger partial charge in [-0.2, -0.15) is 0 Å². The molecule has 0 radical (unpaired) electrons. The smallest absolute Gasteiger partial charge is 0.244 e. The third-order valence-corrected chi connectivity index (χ3v) is 8.04. The molecule has 3 aromatic rings. The van der Waals surface area contributed by atoms with E-state index < -0.39 is 28.5 Å². The summed E-state index contributed by atoms with van der Waals surface area (Å²) in [4.78, 5) is 29.1. The first kappa shape index (κ1) is 31.2. The van der Waals surface area contributed by atoms with Crippen LogP contribution in [0.2, 0.25) is 5.02 Å². The molecule has 2 amide bonds. The molecule has 214 valence electrons. The van der Waals surface area contributed by atoms with Crippen molar-refractivity contribution in [1.82, 2.24) is 10.2 Å². The third-order valence-electron chi connectivity index (χ3n) is 6.53. The van der Waals surface area contributed by atoms with Crippen LogP contribution in [-0.2, 0) is 32.6 Å². The van der Waals surface area contributed by atoms with Crippen LogP contribution in [0.4, 0.5) is 5.69 Å². The Morgan fingerprint density at radius 3 is 2.02 bits per heavy atom. The summed E-state index contributed by atoms with van der Waals surface area (Å²) in [7, 11) is -3.83. The second kappa shape index (κ2) is 13.8. The fourth-order valence-corrected chi connectivity index (χ4v) is 5.43. The zero-order valence-electron chi connectivity index (χ0n) is 23.7. The summed E-state index contributed by atoms with van der Waals surface area (Å²) in [5, 5.41) is 3.38. The van der Waals surface area contributed by atoms with Gasteiger partial charge in [0.1, 0.15) is 12.6 Å². The number of rotatable bonds is 12. The number of amides is 2. The summed E-state index contributed by atoms with van der Waals surface area (Å²) < 4.78 is 26.9. The number of sulfonamides is 1. The number of hydrogen-bond acceptors (Lipinski definition) is 4. The predicted molar refractivity (Wildman–Crippen MR) is 162 cm³/mol. The van der Waals surface area contributed by atoms with Crippen molar-refractivity contribution in [2.45, 2.75) is 58.7 Å². The average Bonchev–Trinajstić information content (AvgIpc) is 2.89. The van der Waals surface area contributed by atoms with Gasteiger partial charge in [0.25, 0.3) is 0 Å². The van der Waals surface area contributed by atoms with Gasteiger partial charge in [0, 0.05) is 24.0 Å².